The van der Waals surface area contributed by atoms with E-state index in [1.807, 2.05) is 79.1 Å². The second-order valence-electron chi connectivity index (χ2n) is 9.20. The number of nitriles is 1. The van der Waals surface area contributed by atoms with Crippen LogP contribution in [0.25, 0.3) is 6.08 Å². The van der Waals surface area contributed by atoms with Gasteiger partial charge in [0.05, 0.1) is 40.1 Å². The van der Waals surface area contributed by atoms with Crippen molar-refractivity contribution in [3.8, 4) is 11.8 Å². The average Bonchev–Trinajstić information content (AvgIpc) is 3.30. The number of carbonyl (C=O) groups excluding carboxylic acids is 1. The molecular weight excluding hydrogens is 555 g/mol. The van der Waals surface area contributed by atoms with Crippen LogP contribution < -0.4 is 19.6 Å². The monoisotopic (exact) mass is 581 g/mol. The summed E-state index contributed by atoms with van der Waals surface area (Å²) in [6.07, 6.45) is 3.81. The molecule has 2 heterocycles. The Hall–Kier alpha value is -4.39. The van der Waals surface area contributed by atoms with Crippen molar-refractivity contribution >= 4 is 35.1 Å². The molecule has 0 bridgehead atoms. The number of ether oxygens (including phenoxy) is 2. The summed E-state index contributed by atoms with van der Waals surface area (Å²) in [4.78, 5) is 33.1. The van der Waals surface area contributed by atoms with Gasteiger partial charge in [-0.3, -0.25) is 9.36 Å². The summed E-state index contributed by atoms with van der Waals surface area (Å²) >= 11 is 2.91. The first kappa shape index (κ1) is 28.1. The number of fused-ring (bicyclic) bond motifs is 1. The van der Waals surface area contributed by atoms with E-state index in [0.717, 1.165) is 21.6 Å². The molecule has 206 valence electrons. The Balaban J connectivity index is 1.49. The first-order valence-electron chi connectivity index (χ1n) is 13.0. The zero-order chi connectivity index (χ0) is 28.9. The molecule has 0 saturated carbocycles. The van der Waals surface area contributed by atoms with Crippen molar-refractivity contribution in [1.29, 1.82) is 5.26 Å². The molecule has 0 aliphatic carbocycles. The summed E-state index contributed by atoms with van der Waals surface area (Å²) in [5.41, 5.74) is 3.71. The number of thiazole rings is 1. The topological polar surface area (TPSA) is 93.7 Å². The van der Waals surface area contributed by atoms with Gasteiger partial charge in [0.2, 0.25) is 0 Å². The summed E-state index contributed by atoms with van der Waals surface area (Å²) in [5.74, 6) is 0.176. The van der Waals surface area contributed by atoms with Crippen molar-refractivity contribution in [2.45, 2.75) is 31.4 Å². The fraction of sp³-hybridized carbons (Fsp3) is 0.188. The number of aromatic nitrogens is 1. The summed E-state index contributed by atoms with van der Waals surface area (Å²) < 4.78 is 13.3. The third kappa shape index (κ3) is 5.89. The van der Waals surface area contributed by atoms with Crippen LogP contribution >= 0.6 is 23.1 Å². The van der Waals surface area contributed by atoms with Gasteiger partial charge in [-0.15, -0.1) is 11.8 Å². The van der Waals surface area contributed by atoms with Crippen molar-refractivity contribution in [2.75, 3.05) is 12.9 Å². The number of rotatable bonds is 8. The Morgan fingerprint density at radius 2 is 1.85 bits per heavy atom. The molecule has 5 rings (SSSR count). The van der Waals surface area contributed by atoms with Gasteiger partial charge in [-0.05, 0) is 67.6 Å². The predicted molar refractivity (Wildman–Crippen MR) is 161 cm³/mol. The molecule has 1 aliphatic heterocycles. The first-order valence-corrected chi connectivity index (χ1v) is 15.0. The first-order chi connectivity index (χ1) is 19.9. The van der Waals surface area contributed by atoms with Crippen LogP contribution in [0.5, 0.6) is 5.75 Å². The van der Waals surface area contributed by atoms with Crippen molar-refractivity contribution in [3.63, 3.8) is 0 Å². The molecule has 3 aromatic carbocycles. The van der Waals surface area contributed by atoms with Crippen molar-refractivity contribution in [1.82, 2.24) is 4.57 Å². The van der Waals surface area contributed by atoms with Crippen LogP contribution in [0.4, 0.5) is 0 Å². The summed E-state index contributed by atoms with van der Waals surface area (Å²) in [6.45, 7) is 4.04. The van der Waals surface area contributed by atoms with Gasteiger partial charge in [-0.25, -0.2) is 9.79 Å². The summed E-state index contributed by atoms with van der Waals surface area (Å²) in [6, 6.07) is 24.1. The van der Waals surface area contributed by atoms with Crippen molar-refractivity contribution < 1.29 is 14.3 Å². The van der Waals surface area contributed by atoms with Crippen LogP contribution in [0, 0.1) is 11.3 Å². The number of hydrogen-bond donors (Lipinski definition) is 0. The molecule has 1 aliphatic rings. The predicted octanol–water partition coefficient (Wildman–Crippen LogP) is 4.97. The van der Waals surface area contributed by atoms with Crippen LogP contribution in [0.1, 0.15) is 42.1 Å². The molecule has 0 radical (unpaired) electrons. The molecule has 0 saturated heterocycles. The average molecular weight is 582 g/mol. The number of hydrogen-bond acceptors (Lipinski definition) is 8. The lowest BCUT2D eigenvalue weighted by molar-refractivity contribution is -0.139. The van der Waals surface area contributed by atoms with Crippen LogP contribution in [-0.2, 0) is 16.1 Å². The lowest BCUT2D eigenvalue weighted by Gasteiger charge is -2.24. The quantitative estimate of drug-likeness (QED) is 0.216. The fourth-order valence-electron chi connectivity index (χ4n) is 4.62. The Labute approximate surface area is 245 Å². The Kier molecular flexibility index (Phi) is 8.53. The largest absolute Gasteiger partial charge is 0.489 e. The fourth-order valence-corrected chi connectivity index (χ4v) is 6.08. The number of thioether (sulfide) groups is 1. The molecule has 0 spiro atoms. The van der Waals surface area contributed by atoms with E-state index in [-0.39, 0.29) is 18.8 Å². The molecule has 0 fully saturated rings. The van der Waals surface area contributed by atoms with Gasteiger partial charge >= 0.3 is 5.97 Å². The molecule has 4 aromatic rings. The highest BCUT2D eigenvalue weighted by Crippen LogP contribution is 2.31. The van der Waals surface area contributed by atoms with Gasteiger partial charge in [0, 0.05) is 10.5 Å². The number of nitrogens with zero attached hydrogens (tertiary/aromatic N) is 3. The highest BCUT2D eigenvalue weighted by atomic mass is 32.2. The van der Waals surface area contributed by atoms with Crippen LogP contribution in [-0.4, -0.2) is 23.4 Å². The zero-order valence-electron chi connectivity index (χ0n) is 22.8. The normalized spacial score (nSPS) is 14.7. The van der Waals surface area contributed by atoms with Gasteiger partial charge in [-0.2, -0.15) is 5.26 Å². The summed E-state index contributed by atoms with van der Waals surface area (Å²) in [5, 5.41) is 9.29. The van der Waals surface area contributed by atoms with Crippen molar-refractivity contribution in [2.24, 2.45) is 4.99 Å². The molecule has 7 nitrogen and oxygen atoms in total. The third-order valence-electron chi connectivity index (χ3n) is 6.66. The van der Waals surface area contributed by atoms with Gasteiger partial charge < -0.3 is 9.47 Å². The van der Waals surface area contributed by atoms with Gasteiger partial charge in [0.25, 0.3) is 5.56 Å². The number of carbonyl (C=O) groups is 1. The Morgan fingerprint density at radius 1 is 1.12 bits per heavy atom. The Morgan fingerprint density at radius 3 is 2.54 bits per heavy atom. The van der Waals surface area contributed by atoms with E-state index in [2.05, 4.69) is 11.1 Å². The standard InChI is InChI=1S/C32H27N3O4S2/c1-4-38-31(37)28-20(2)34-32-35(29(28)22-11-15-26(40-3)16-12-22)30(36)27(41-32)17-21-9-13-25(14-10-21)39-19-24-8-6-5-7-23(24)18-33/h5-17,29H,4,19H2,1-3H3/b27-17+/t29-/m0/s1. The van der Waals surface area contributed by atoms with E-state index in [4.69, 9.17) is 9.47 Å². The molecule has 1 atom stereocenters. The molecule has 0 unspecified atom stereocenters. The van der Waals surface area contributed by atoms with Gasteiger partial charge in [0.15, 0.2) is 4.80 Å². The second-order valence-corrected chi connectivity index (χ2v) is 11.1. The Bertz CT molecular complexity index is 1850. The van der Waals surface area contributed by atoms with Gasteiger partial charge in [-0.1, -0.05) is 53.8 Å². The lowest BCUT2D eigenvalue weighted by atomic mass is 9.96. The maximum atomic E-state index is 13.8. The lowest BCUT2D eigenvalue weighted by Crippen LogP contribution is -2.39. The van der Waals surface area contributed by atoms with E-state index in [9.17, 15) is 14.9 Å². The van der Waals surface area contributed by atoms with E-state index in [0.29, 0.717) is 31.9 Å². The SMILES string of the molecule is CCOC(=O)C1=C(C)N=c2s/c(=C/c3ccc(OCc4ccccc4C#N)cc3)c(=O)n2[C@H]1c1ccc(SC)cc1. The molecule has 41 heavy (non-hydrogen) atoms. The van der Waals surface area contributed by atoms with Crippen LogP contribution in [0.15, 0.2) is 98.7 Å². The number of allylic oxidation sites excluding steroid dienone is 1. The molecule has 9 heteroatoms. The maximum absolute atomic E-state index is 13.8. The minimum atomic E-state index is -0.643. The smallest absolute Gasteiger partial charge is 0.338 e. The summed E-state index contributed by atoms with van der Waals surface area (Å²) in [7, 11) is 0. The van der Waals surface area contributed by atoms with E-state index < -0.39 is 12.0 Å². The minimum Gasteiger partial charge on any atom is -0.489 e. The van der Waals surface area contributed by atoms with Gasteiger partial charge in [0.1, 0.15) is 12.4 Å². The molecule has 0 N–H and O–H groups in total. The highest BCUT2D eigenvalue weighted by Gasteiger charge is 2.33. The molecular formula is C32H27N3O4S2. The molecule has 0 amide bonds. The van der Waals surface area contributed by atoms with Crippen LogP contribution in [0.3, 0.4) is 0 Å². The number of esters is 1. The zero-order valence-corrected chi connectivity index (χ0v) is 24.4. The maximum Gasteiger partial charge on any atom is 0.338 e. The van der Waals surface area contributed by atoms with E-state index in [1.165, 1.54) is 11.3 Å². The molecule has 1 aromatic heterocycles. The van der Waals surface area contributed by atoms with E-state index in [1.54, 1.807) is 36.2 Å². The number of benzene rings is 3. The highest BCUT2D eigenvalue weighted by molar-refractivity contribution is 7.98. The van der Waals surface area contributed by atoms with Crippen LogP contribution in [0.2, 0.25) is 0 Å². The van der Waals surface area contributed by atoms with E-state index >= 15 is 0 Å². The second kappa shape index (κ2) is 12.4. The van der Waals surface area contributed by atoms with Crippen molar-refractivity contribution in [3.05, 3.63) is 126 Å². The minimum absolute atomic E-state index is 0.225. The third-order valence-corrected chi connectivity index (χ3v) is 8.39.